The molecule has 2 saturated heterocycles. The second-order valence-electron chi connectivity index (χ2n) is 10.0. The van der Waals surface area contributed by atoms with E-state index in [2.05, 4.69) is 22.5 Å². The van der Waals surface area contributed by atoms with Gasteiger partial charge in [-0.2, -0.15) is 0 Å². The van der Waals surface area contributed by atoms with Crippen LogP contribution in [-0.4, -0.2) is 97.8 Å². The van der Waals surface area contributed by atoms with E-state index in [1.807, 2.05) is 26.0 Å². The minimum atomic E-state index is -0.743. The zero-order chi connectivity index (χ0) is 24.8. The molecule has 3 N–H and O–H groups in total. The Labute approximate surface area is 203 Å². The molecule has 0 spiro atoms. The monoisotopic (exact) mass is 478 g/mol. The maximum Gasteiger partial charge on any atom is 0.243 e. The summed E-state index contributed by atoms with van der Waals surface area (Å²) in [5, 5.41) is 15.9. The Morgan fingerprint density at radius 1 is 1.21 bits per heavy atom. The molecule has 2 fully saturated rings. The normalized spacial score (nSPS) is 30.4. The fraction of sp³-hybridized carbons (Fsp3) is 0.800. The number of morpholine rings is 1. The lowest BCUT2D eigenvalue weighted by Crippen LogP contribution is -2.54. The standard InChI is InChI=1S/C25H42N4O5/c1-5-6-17-7-8-18-21(20(17)23(31)26-4)25(33)29(19(15-30)16(2)3)22(18)24(32)27-9-10-28-11-13-34-14-12-28/h7-8,16-22,30H,5-6,9-15H2,1-4H3,(H,26,31)(H,27,32)/t17-,18+,19+,20-,21+,22+/m1/s1. The first-order chi connectivity index (χ1) is 16.3. The van der Waals surface area contributed by atoms with Crippen molar-refractivity contribution < 1.29 is 24.2 Å². The second kappa shape index (κ2) is 12.1. The number of carbonyl (C=O) groups is 3. The third-order valence-electron chi connectivity index (χ3n) is 7.63. The van der Waals surface area contributed by atoms with E-state index >= 15 is 0 Å². The highest BCUT2D eigenvalue weighted by Gasteiger charge is 2.58. The van der Waals surface area contributed by atoms with Gasteiger partial charge in [-0.15, -0.1) is 0 Å². The molecule has 0 aromatic rings. The van der Waals surface area contributed by atoms with Crippen LogP contribution in [0.4, 0.5) is 0 Å². The molecule has 0 aromatic heterocycles. The van der Waals surface area contributed by atoms with Crippen molar-refractivity contribution in [1.29, 1.82) is 0 Å². The number of amides is 3. The first kappa shape index (κ1) is 26.6. The van der Waals surface area contributed by atoms with Gasteiger partial charge in [-0.05, 0) is 18.3 Å². The topological polar surface area (TPSA) is 111 Å². The van der Waals surface area contributed by atoms with E-state index in [4.69, 9.17) is 4.74 Å². The van der Waals surface area contributed by atoms with Gasteiger partial charge in [0, 0.05) is 39.1 Å². The molecule has 0 saturated carbocycles. The van der Waals surface area contributed by atoms with Crippen molar-refractivity contribution in [3.05, 3.63) is 12.2 Å². The molecule has 0 radical (unpaired) electrons. The van der Waals surface area contributed by atoms with E-state index < -0.39 is 29.8 Å². The van der Waals surface area contributed by atoms with E-state index in [0.717, 1.165) is 25.9 Å². The van der Waals surface area contributed by atoms with Crippen LogP contribution in [0, 0.1) is 29.6 Å². The lowest BCUT2D eigenvalue weighted by molar-refractivity contribution is -0.144. The van der Waals surface area contributed by atoms with Gasteiger partial charge in [-0.1, -0.05) is 39.3 Å². The second-order valence-corrected chi connectivity index (χ2v) is 10.0. The molecular formula is C25H42N4O5. The average molecular weight is 479 g/mol. The lowest BCUT2D eigenvalue weighted by atomic mass is 9.68. The van der Waals surface area contributed by atoms with Crippen molar-refractivity contribution in [3.63, 3.8) is 0 Å². The molecule has 3 rings (SSSR count). The molecule has 2 aliphatic heterocycles. The number of hydrogen-bond donors (Lipinski definition) is 3. The highest BCUT2D eigenvalue weighted by molar-refractivity contribution is 5.97. The minimum Gasteiger partial charge on any atom is -0.394 e. The van der Waals surface area contributed by atoms with Crippen LogP contribution in [0.25, 0.3) is 0 Å². The molecule has 0 aromatic carbocycles. The molecule has 3 amide bonds. The number of carbonyl (C=O) groups excluding carboxylic acids is 3. The number of aliphatic hydroxyl groups excluding tert-OH is 1. The third kappa shape index (κ3) is 5.47. The first-order valence-electron chi connectivity index (χ1n) is 12.8. The van der Waals surface area contributed by atoms with Crippen LogP contribution in [0.1, 0.15) is 33.6 Å². The van der Waals surface area contributed by atoms with Crippen molar-refractivity contribution in [3.8, 4) is 0 Å². The van der Waals surface area contributed by atoms with E-state index in [-0.39, 0.29) is 36.2 Å². The van der Waals surface area contributed by atoms with E-state index in [1.165, 1.54) is 0 Å². The number of allylic oxidation sites excluding steroid dienone is 1. The number of rotatable bonds is 10. The molecular weight excluding hydrogens is 436 g/mol. The molecule has 6 atom stereocenters. The zero-order valence-electron chi connectivity index (χ0n) is 21.0. The molecule has 1 aliphatic carbocycles. The van der Waals surface area contributed by atoms with Crippen LogP contribution < -0.4 is 10.6 Å². The van der Waals surface area contributed by atoms with Crippen molar-refractivity contribution >= 4 is 17.7 Å². The van der Waals surface area contributed by atoms with Gasteiger partial charge in [-0.25, -0.2) is 0 Å². The Hall–Kier alpha value is -1.97. The largest absolute Gasteiger partial charge is 0.394 e. The van der Waals surface area contributed by atoms with Gasteiger partial charge in [0.25, 0.3) is 0 Å². The van der Waals surface area contributed by atoms with Gasteiger partial charge in [0.15, 0.2) is 0 Å². The van der Waals surface area contributed by atoms with Crippen molar-refractivity contribution in [1.82, 2.24) is 20.4 Å². The van der Waals surface area contributed by atoms with Crippen molar-refractivity contribution in [2.24, 2.45) is 29.6 Å². The fourth-order valence-corrected chi connectivity index (χ4v) is 5.82. The highest BCUT2D eigenvalue weighted by atomic mass is 16.5. The first-order valence-corrected chi connectivity index (χ1v) is 12.8. The van der Waals surface area contributed by atoms with Gasteiger partial charge in [-0.3, -0.25) is 19.3 Å². The number of hydrogen-bond acceptors (Lipinski definition) is 6. The summed E-state index contributed by atoms with van der Waals surface area (Å²) >= 11 is 0. The van der Waals surface area contributed by atoms with Gasteiger partial charge in [0.05, 0.1) is 37.7 Å². The van der Waals surface area contributed by atoms with Crippen molar-refractivity contribution in [2.75, 3.05) is 53.0 Å². The van der Waals surface area contributed by atoms with Crippen LogP contribution in [0.5, 0.6) is 0 Å². The summed E-state index contributed by atoms with van der Waals surface area (Å²) in [6, 6.07) is -1.23. The zero-order valence-corrected chi connectivity index (χ0v) is 21.0. The van der Waals surface area contributed by atoms with Gasteiger partial charge >= 0.3 is 0 Å². The number of aliphatic hydroxyl groups is 1. The number of ether oxygens (including phenoxy) is 1. The Balaban J connectivity index is 1.87. The SMILES string of the molecule is CCC[C@@H]1C=C[C@H]2[C@H](C(=O)N([C@@H](CO)C(C)C)[C@@H]2C(=O)NCCN2CCOCC2)[C@@H]1C(=O)NC. The quantitative estimate of drug-likeness (QED) is 0.388. The summed E-state index contributed by atoms with van der Waals surface area (Å²) < 4.78 is 5.38. The Kier molecular flexibility index (Phi) is 9.50. The number of fused-ring (bicyclic) bond motifs is 1. The molecule has 3 aliphatic rings. The van der Waals surface area contributed by atoms with Crippen LogP contribution in [-0.2, 0) is 19.1 Å². The predicted molar refractivity (Wildman–Crippen MR) is 129 cm³/mol. The Morgan fingerprint density at radius 2 is 1.91 bits per heavy atom. The maximum atomic E-state index is 13.9. The van der Waals surface area contributed by atoms with Crippen LogP contribution in [0.15, 0.2) is 12.2 Å². The van der Waals surface area contributed by atoms with Gasteiger partial charge in [0.1, 0.15) is 6.04 Å². The van der Waals surface area contributed by atoms with E-state index in [1.54, 1.807) is 11.9 Å². The van der Waals surface area contributed by atoms with E-state index in [9.17, 15) is 19.5 Å². The molecule has 0 unspecified atom stereocenters. The average Bonchev–Trinajstić information content (AvgIpc) is 3.12. The van der Waals surface area contributed by atoms with Gasteiger partial charge in [0.2, 0.25) is 17.7 Å². The molecule has 192 valence electrons. The molecule has 2 heterocycles. The molecule has 9 heteroatoms. The number of nitrogens with zero attached hydrogens (tertiary/aromatic N) is 2. The lowest BCUT2D eigenvalue weighted by Gasteiger charge is -2.35. The minimum absolute atomic E-state index is 0.0355. The smallest absolute Gasteiger partial charge is 0.243 e. The molecule has 9 nitrogen and oxygen atoms in total. The molecule has 0 bridgehead atoms. The Morgan fingerprint density at radius 3 is 2.50 bits per heavy atom. The predicted octanol–water partition coefficient (Wildman–Crippen LogP) is 0.243. The summed E-state index contributed by atoms with van der Waals surface area (Å²) in [5.41, 5.74) is 0. The molecule has 34 heavy (non-hydrogen) atoms. The fourth-order valence-electron chi connectivity index (χ4n) is 5.82. The summed E-state index contributed by atoms with van der Waals surface area (Å²) in [6.07, 6.45) is 5.70. The number of likely N-dealkylation sites (tertiary alicyclic amines) is 1. The summed E-state index contributed by atoms with van der Waals surface area (Å²) in [4.78, 5) is 44.2. The highest BCUT2D eigenvalue weighted by Crippen LogP contribution is 2.46. The van der Waals surface area contributed by atoms with E-state index in [0.29, 0.717) is 26.3 Å². The Bertz CT molecular complexity index is 752. The summed E-state index contributed by atoms with van der Waals surface area (Å²) in [6.45, 7) is 9.97. The maximum absolute atomic E-state index is 13.9. The van der Waals surface area contributed by atoms with Gasteiger partial charge < -0.3 is 25.4 Å². The number of nitrogens with one attached hydrogen (secondary N) is 2. The van der Waals surface area contributed by atoms with Crippen LogP contribution >= 0.6 is 0 Å². The third-order valence-corrected chi connectivity index (χ3v) is 7.63. The van der Waals surface area contributed by atoms with Crippen LogP contribution in [0.3, 0.4) is 0 Å². The summed E-state index contributed by atoms with van der Waals surface area (Å²) in [5.74, 6) is -2.20. The summed E-state index contributed by atoms with van der Waals surface area (Å²) in [7, 11) is 1.59. The van der Waals surface area contributed by atoms with Crippen molar-refractivity contribution in [2.45, 2.75) is 45.7 Å². The van der Waals surface area contributed by atoms with Crippen LogP contribution in [0.2, 0.25) is 0 Å².